The summed E-state index contributed by atoms with van der Waals surface area (Å²) in [4.78, 5) is 17.4. The third-order valence-corrected chi connectivity index (χ3v) is 5.78. The predicted octanol–water partition coefficient (Wildman–Crippen LogP) is 6.08. The van der Waals surface area contributed by atoms with Gasteiger partial charge in [-0.25, -0.2) is 19.3 Å². The third-order valence-electron chi connectivity index (χ3n) is 5.46. The van der Waals surface area contributed by atoms with Gasteiger partial charge in [-0.3, -0.25) is 9.12 Å². The summed E-state index contributed by atoms with van der Waals surface area (Å²) in [7, 11) is -3.67. The van der Waals surface area contributed by atoms with Gasteiger partial charge in [0.15, 0.2) is 5.65 Å². The van der Waals surface area contributed by atoms with E-state index in [2.05, 4.69) is 30.7 Å². The number of benzene rings is 2. The lowest BCUT2D eigenvalue weighted by Crippen LogP contribution is -2.17. The molecule has 0 saturated heterocycles. The van der Waals surface area contributed by atoms with E-state index in [1.54, 1.807) is 12.1 Å². The van der Waals surface area contributed by atoms with Gasteiger partial charge in [0.2, 0.25) is 5.95 Å². The van der Waals surface area contributed by atoms with Crippen LogP contribution in [0.2, 0.25) is 5.02 Å². The first kappa shape index (κ1) is 28.2. The normalized spacial score (nSPS) is 11.9. The molecule has 2 aromatic carbocycles. The van der Waals surface area contributed by atoms with Gasteiger partial charge >= 0.3 is 0 Å². The molecule has 0 aliphatic carbocycles. The van der Waals surface area contributed by atoms with Crippen LogP contribution in [0.1, 0.15) is 20.8 Å². The molecule has 0 aliphatic rings. The Morgan fingerprint density at radius 2 is 1.69 bits per heavy atom. The van der Waals surface area contributed by atoms with Gasteiger partial charge in [0.25, 0.3) is 10.1 Å². The van der Waals surface area contributed by atoms with Crippen molar-refractivity contribution in [3.63, 3.8) is 0 Å². The maximum absolute atomic E-state index is 14.7. The standard InChI is InChI=1S/C26H24ClFN6.CH4O3S/c1-26(2,3)14-34-24-19(31-25(34)29)13-12-18(30-24)22-21(15-8-5-4-6-9-15)32-23(33-22)20-16(27)10-7-11-17(20)28;1-5(2,3)4/h4-13H,14H2,1-3H3,(H2,29,31)(H,32,33);1H3,(H,2,3,4). The minimum atomic E-state index is -3.67. The number of hydrogen-bond donors (Lipinski definition) is 3. The Balaban J connectivity index is 0.000000648. The molecule has 5 aromatic rings. The number of pyridine rings is 1. The summed E-state index contributed by atoms with van der Waals surface area (Å²) in [6.07, 6.45) is 0.715. The maximum atomic E-state index is 14.7. The molecule has 39 heavy (non-hydrogen) atoms. The molecule has 204 valence electrons. The highest BCUT2D eigenvalue weighted by Crippen LogP contribution is 2.36. The van der Waals surface area contributed by atoms with Crippen LogP contribution in [0.15, 0.2) is 60.7 Å². The first-order valence-electron chi connectivity index (χ1n) is 11.9. The summed E-state index contributed by atoms with van der Waals surface area (Å²) in [6.45, 7) is 7.06. The van der Waals surface area contributed by atoms with Crippen LogP contribution < -0.4 is 5.73 Å². The smallest absolute Gasteiger partial charge is 0.261 e. The van der Waals surface area contributed by atoms with Crippen molar-refractivity contribution in [3.8, 4) is 34.0 Å². The first-order chi connectivity index (χ1) is 18.2. The number of aromatic nitrogens is 5. The summed E-state index contributed by atoms with van der Waals surface area (Å²) in [6, 6.07) is 18.0. The third kappa shape index (κ3) is 6.80. The van der Waals surface area contributed by atoms with E-state index in [4.69, 9.17) is 31.9 Å². The molecule has 0 atom stereocenters. The largest absolute Gasteiger partial charge is 0.369 e. The number of hydrogen-bond acceptors (Lipinski definition) is 6. The van der Waals surface area contributed by atoms with Crippen LogP contribution in [-0.4, -0.2) is 43.7 Å². The molecule has 0 spiro atoms. The fourth-order valence-corrected chi connectivity index (χ4v) is 4.25. The van der Waals surface area contributed by atoms with E-state index in [9.17, 15) is 12.8 Å². The number of fused-ring (bicyclic) bond motifs is 1. The Bertz CT molecular complexity index is 1720. The zero-order chi connectivity index (χ0) is 28.5. The SMILES string of the molecule is CC(C)(C)Cn1c(N)nc2ccc(-c3[nH]c(-c4c(F)cccc4Cl)nc3-c3ccccc3)nc21.CS(=O)(=O)O. The molecule has 0 saturated carbocycles. The quantitative estimate of drug-likeness (QED) is 0.222. The van der Waals surface area contributed by atoms with E-state index in [0.29, 0.717) is 52.8 Å². The van der Waals surface area contributed by atoms with Crippen LogP contribution in [0, 0.1) is 11.2 Å². The lowest BCUT2D eigenvalue weighted by atomic mass is 9.97. The second-order valence-corrected chi connectivity index (χ2v) is 12.0. The average Bonchev–Trinajstić information content (AvgIpc) is 3.39. The molecule has 5 rings (SSSR count). The van der Waals surface area contributed by atoms with E-state index >= 15 is 0 Å². The predicted molar refractivity (Wildman–Crippen MR) is 152 cm³/mol. The number of nitrogens with zero attached hydrogens (tertiary/aromatic N) is 4. The van der Waals surface area contributed by atoms with Crippen molar-refractivity contribution in [2.75, 3.05) is 12.0 Å². The van der Waals surface area contributed by atoms with Crippen LogP contribution in [0.25, 0.3) is 45.2 Å². The molecule has 12 heteroatoms. The second-order valence-electron chi connectivity index (χ2n) is 10.2. The van der Waals surface area contributed by atoms with E-state index in [1.807, 2.05) is 47.0 Å². The molecular weight excluding hydrogens is 543 g/mol. The first-order valence-corrected chi connectivity index (χ1v) is 14.1. The summed E-state index contributed by atoms with van der Waals surface area (Å²) in [5.74, 6) is 0.301. The Hall–Kier alpha value is -3.80. The molecular formula is C27H28ClFN6O3S. The number of aromatic amines is 1. The van der Waals surface area contributed by atoms with E-state index in [0.717, 1.165) is 5.56 Å². The highest BCUT2D eigenvalue weighted by molar-refractivity contribution is 7.85. The van der Waals surface area contributed by atoms with Gasteiger partial charge in [-0.15, -0.1) is 0 Å². The number of H-pyrrole nitrogens is 1. The Morgan fingerprint density at radius 3 is 2.31 bits per heavy atom. The van der Waals surface area contributed by atoms with E-state index in [-0.39, 0.29) is 16.0 Å². The van der Waals surface area contributed by atoms with Crippen molar-refractivity contribution in [1.82, 2.24) is 24.5 Å². The molecule has 0 radical (unpaired) electrons. The van der Waals surface area contributed by atoms with Gasteiger partial charge in [-0.05, 0) is 29.7 Å². The van der Waals surface area contributed by atoms with Crippen molar-refractivity contribution in [2.45, 2.75) is 27.3 Å². The van der Waals surface area contributed by atoms with Gasteiger partial charge in [0.1, 0.15) is 17.2 Å². The minimum Gasteiger partial charge on any atom is -0.369 e. The van der Waals surface area contributed by atoms with Crippen LogP contribution in [0.5, 0.6) is 0 Å². The summed E-state index contributed by atoms with van der Waals surface area (Å²) in [5, 5.41) is 0.277. The van der Waals surface area contributed by atoms with Gasteiger partial charge in [0.05, 0.1) is 33.9 Å². The molecule has 0 unspecified atom stereocenters. The molecule has 0 bridgehead atoms. The molecule has 0 fully saturated rings. The Kier molecular flexibility index (Phi) is 7.78. The highest BCUT2D eigenvalue weighted by Gasteiger charge is 2.22. The number of halogens is 2. The summed E-state index contributed by atoms with van der Waals surface area (Å²) < 4.78 is 42.5. The lowest BCUT2D eigenvalue weighted by Gasteiger charge is -2.19. The second kappa shape index (κ2) is 10.8. The topological polar surface area (TPSA) is 140 Å². The molecule has 3 aromatic heterocycles. The minimum absolute atomic E-state index is 0.0165. The van der Waals surface area contributed by atoms with Crippen molar-refractivity contribution in [1.29, 1.82) is 0 Å². The fourth-order valence-electron chi connectivity index (χ4n) is 3.99. The van der Waals surface area contributed by atoms with Crippen molar-refractivity contribution >= 4 is 38.8 Å². The van der Waals surface area contributed by atoms with E-state index in [1.165, 1.54) is 6.07 Å². The van der Waals surface area contributed by atoms with Crippen LogP contribution in [0.4, 0.5) is 10.3 Å². The monoisotopic (exact) mass is 570 g/mol. The van der Waals surface area contributed by atoms with Gasteiger partial charge in [-0.1, -0.05) is 68.8 Å². The highest BCUT2D eigenvalue weighted by atomic mass is 35.5. The number of anilines is 1. The Morgan fingerprint density at radius 1 is 1.03 bits per heavy atom. The van der Waals surface area contributed by atoms with Gasteiger partial charge in [-0.2, -0.15) is 8.42 Å². The van der Waals surface area contributed by atoms with Gasteiger partial charge in [0, 0.05) is 12.1 Å². The number of rotatable bonds is 4. The Labute approximate surface area is 230 Å². The number of nitrogens with two attached hydrogens (primary N) is 1. The van der Waals surface area contributed by atoms with Crippen LogP contribution >= 0.6 is 11.6 Å². The summed E-state index contributed by atoms with van der Waals surface area (Å²) in [5.41, 5.74) is 10.6. The molecule has 0 amide bonds. The summed E-state index contributed by atoms with van der Waals surface area (Å²) >= 11 is 6.34. The zero-order valence-electron chi connectivity index (χ0n) is 21.8. The van der Waals surface area contributed by atoms with Crippen molar-refractivity contribution in [2.24, 2.45) is 5.41 Å². The lowest BCUT2D eigenvalue weighted by molar-refractivity contribution is 0.350. The zero-order valence-corrected chi connectivity index (χ0v) is 23.3. The van der Waals surface area contributed by atoms with E-state index < -0.39 is 15.9 Å². The van der Waals surface area contributed by atoms with Gasteiger partial charge < -0.3 is 10.7 Å². The molecule has 3 heterocycles. The maximum Gasteiger partial charge on any atom is 0.261 e. The fraction of sp³-hybridized carbons (Fsp3) is 0.222. The molecule has 4 N–H and O–H groups in total. The number of imidazole rings is 2. The van der Waals surface area contributed by atoms with Crippen LogP contribution in [-0.2, 0) is 16.7 Å². The molecule has 9 nitrogen and oxygen atoms in total. The number of nitrogens with one attached hydrogen (secondary N) is 1. The average molecular weight is 571 g/mol. The van der Waals surface area contributed by atoms with Crippen LogP contribution in [0.3, 0.4) is 0 Å². The van der Waals surface area contributed by atoms with Crippen molar-refractivity contribution < 1.29 is 17.4 Å². The number of nitrogen functional groups attached to an aromatic ring is 1. The molecule has 0 aliphatic heterocycles. The van der Waals surface area contributed by atoms with Crippen molar-refractivity contribution in [3.05, 3.63) is 71.5 Å².